The van der Waals surface area contributed by atoms with Gasteiger partial charge in [0.1, 0.15) is 5.65 Å². The molecule has 1 fully saturated rings. The number of carbonyl (C=O) groups is 1. The molecular weight excluding hydrogens is 270 g/mol. The fourth-order valence-electron chi connectivity index (χ4n) is 2.87. The third-order valence-electron chi connectivity index (χ3n) is 3.86. The molecule has 0 aromatic carbocycles. The van der Waals surface area contributed by atoms with Crippen LogP contribution in [0.3, 0.4) is 0 Å². The lowest BCUT2D eigenvalue weighted by molar-refractivity contribution is 0.0458. The standard InChI is InChI=1S/C15H19N3O3/c1-2-21-11-6-9-17(10-7-11)14-13(15(19)20)18-8-4-3-5-12(18)16-14/h3-5,8,11H,2,6-7,9-10H2,1H3,(H,19,20). The SMILES string of the molecule is CCOC1CCN(c2nc3ccccn3c2C(=O)O)CC1. The van der Waals surface area contributed by atoms with Crippen molar-refractivity contribution in [1.82, 2.24) is 9.38 Å². The number of hydrogen-bond acceptors (Lipinski definition) is 4. The van der Waals surface area contributed by atoms with E-state index < -0.39 is 5.97 Å². The van der Waals surface area contributed by atoms with Gasteiger partial charge in [0.15, 0.2) is 11.5 Å². The molecule has 0 saturated carbocycles. The number of nitrogens with zero attached hydrogens (tertiary/aromatic N) is 3. The van der Waals surface area contributed by atoms with Crippen LogP contribution in [-0.2, 0) is 4.74 Å². The lowest BCUT2D eigenvalue weighted by Crippen LogP contribution is -2.38. The molecule has 1 aliphatic rings. The normalized spacial score (nSPS) is 16.5. The summed E-state index contributed by atoms with van der Waals surface area (Å²) in [6.07, 6.45) is 3.82. The first-order chi connectivity index (χ1) is 10.2. The van der Waals surface area contributed by atoms with Crippen LogP contribution in [0.2, 0.25) is 0 Å². The van der Waals surface area contributed by atoms with E-state index >= 15 is 0 Å². The predicted octanol–water partition coefficient (Wildman–Crippen LogP) is 2.04. The molecule has 1 N–H and O–H groups in total. The highest BCUT2D eigenvalue weighted by molar-refractivity contribution is 5.93. The van der Waals surface area contributed by atoms with Gasteiger partial charge in [0.05, 0.1) is 6.10 Å². The fourth-order valence-corrected chi connectivity index (χ4v) is 2.87. The first-order valence-electron chi connectivity index (χ1n) is 7.27. The molecule has 3 heterocycles. The first-order valence-corrected chi connectivity index (χ1v) is 7.27. The van der Waals surface area contributed by atoms with Crippen LogP contribution in [-0.4, -0.2) is 46.3 Å². The zero-order valence-corrected chi connectivity index (χ0v) is 12.0. The summed E-state index contributed by atoms with van der Waals surface area (Å²) in [5, 5.41) is 9.51. The smallest absolute Gasteiger partial charge is 0.356 e. The van der Waals surface area contributed by atoms with E-state index in [-0.39, 0.29) is 11.8 Å². The zero-order chi connectivity index (χ0) is 14.8. The Hall–Kier alpha value is -2.08. The number of fused-ring (bicyclic) bond motifs is 1. The fraction of sp³-hybridized carbons (Fsp3) is 0.467. The van der Waals surface area contributed by atoms with Crippen molar-refractivity contribution < 1.29 is 14.6 Å². The van der Waals surface area contributed by atoms with Crippen LogP contribution in [0, 0.1) is 0 Å². The van der Waals surface area contributed by atoms with Gasteiger partial charge in [-0.05, 0) is 31.9 Å². The molecule has 0 unspecified atom stereocenters. The van der Waals surface area contributed by atoms with Gasteiger partial charge in [-0.25, -0.2) is 9.78 Å². The number of aromatic nitrogens is 2. The van der Waals surface area contributed by atoms with Gasteiger partial charge in [-0.1, -0.05) is 6.07 Å². The predicted molar refractivity (Wildman–Crippen MR) is 79.0 cm³/mol. The molecule has 3 rings (SSSR count). The van der Waals surface area contributed by atoms with Crippen molar-refractivity contribution in [2.75, 3.05) is 24.6 Å². The Morgan fingerprint density at radius 2 is 2.19 bits per heavy atom. The molecule has 0 radical (unpaired) electrons. The zero-order valence-electron chi connectivity index (χ0n) is 12.0. The van der Waals surface area contributed by atoms with Crippen molar-refractivity contribution in [1.29, 1.82) is 0 Å². The maximum atomic E-state index is 11.6. The third kappa shape index (κ3) is 2.58. The van der Waals surface area contributed by atoms with Crippen LogP contribution in [0.5, 0.6) is 0 Å². The average molecular weight is 289 g/mol. The third-order valence-corrected chi connectivity index (χ3v) is 3.86. The van der Waals surface area contributed by atoms with Crippen molar-refractivity contribution in [2.45, 2.75) is 25.9 Å². The number of anilines is 1. The second-order valence-corrected chi connectivity index (χ2v) is 5.16. The Kier molecular flexibility index (Phi) is 3.79. The minimum absolute atomic E-state index is 0.237. The van der Waals surface area contributed by atoms with Crippen LogP contribution >= 0.6 is 0 Å². The van der Waals surface area contributed by atoms with Crippen molar-refractivity contribution in [3.8, 4) is 0 Å². The second kappa shape index (κ2) is 5.73. The van der Waals surface area contributed by atoms with Crippen LogP contribution in [0.4, 0.5) is 5.82 Å². The van der Waals surface area contributed by atoms with E-state index in [1.807, 2.05) is 30.0 Å². The van der Waals surface area contributed by atoms with Gasteiger partial charge in [-0.15, -0.1) is 0 Å². The van der Waals surface area contributed by atoms with Crippen LogP contribution in [0.1, 0.15) is 30.3 Å². The Morgan fingerprint density at radius 3 is 2.86 bits per heavy atom. The number of imidazole rings is 1. The van der Waals surface area contributed by atoms with Gasteiger partial charge in [-0.3, -0.25) is 4.40 Å². The Balaban J connectivity index is 1.90. The maximum Gasteiger partial charge on any atom is 0.356 e. The van der Waals surface area contributed by atoms with Gasteiger partial charge in [0.25, 0.3) is 0 Å². The number of ether oxygens (including phenoxy) is 1. The molecule has 1 saturated heterocycles. The monoisotopic (exact) mass is 289 g/mol. The molecule has 0 atom stereocenters. The van der Waals surface area contributed by atoms with E-state index in [2.05, 4.69) is 4.98 Å². The van der Waals surface area contributed by atoms with Gasteiger partial charge >= 0.3 is 5.97 Å². The summed E-state index contributed by atoms with van der Waals surface area (Å²) in [5.41, 5.74) is 0.900. The summed E-state index contributed by atoms with van der Waals surface area (Å²) in [6, 6.07) is 5.49. The van der Waals surface area contributed by atoms with E-state index in [0.29, 0.717) is 11.5 Å². The van der Waals surface area contributed by atoms with E-state index in [1.54, 1.807) is 10.6 Å². The molecule has 0 spiro atoms. The molecular formula is C15H19N3O3. The van der Waals surface area contributed by atoms with Gasteiger partial charge < -0.3 is 14.7 Å². The van der Waals surface area contributed by atoms with E-state index in [4.69, 9.17) is 4.74 Å². The number of pyridine rings is 1. The minimum Gasteiger partial charge on any atom is -0.476 e. The van der Waals surface area contributed by atoms with E-state index in [0.717, 1.165) is 32.5 Å². The van der Waals surface area contributed by atoms with Crippen molar-refractivity contribution in [2.24, 2.45) is 0 Å². The summed E-state index contributed by atoms with van der Waals surface area (Å²) in [4.78, 5) is 18.1. The summed E-state index contributed by atoms with van der Waals surface area (Å²) < 4.78 is 7.27. The van der Waals surface area contributed by atoms with Crippen LogP contribution < -0.4 is 4.90 Å². The number of aromatic carboxylic acids is 1. The average Bonchev–Trinajstić information content (AvgIpc) is 2.88. The summed E-state index contributed by atoms with van der Waals surface area (Å²) >= 11 is 0. The molecule has 6 heteroatoms. The van der Waals surface area contributed by atoms with Crippen LogP contribution in [0.25, 0.3) is 5.65 Å². The minimum atomic E-state index is -0.948. The lowest BCUT2D eigenvalue weighted by Gasteiger charge is -2.32. The summed E-state index contributed by atoms with van der Waals surface area (Å²) in [5.74, 6) is -0.390. The van der Waals surface area contributed by atoms with E-state index in [9.17, 15) is 9.90 Å². The molecule has 1 aliphatic heterocycles. The molecule has 21 heavy (non-hydrogen) atoms. The van der Waals surface area contributed by atoms with Crippen molar-refractivity contribution in [3.05, 3.63) is 30.1 Å². The largest absolute Gasteiger partial charge is 0.476 e. The Bertz CT molecular complexity index is 645. The summed E-state index contributed by atoms with van der Waals surface area (Å²) in [6.45, 7) is 4.26. The first kappa shape index (κ1) is 13.9. The second-order valence-electron chi connectivity index (χ2n) is 5.16. The Labute approximate surface area is 123 Å². The Morgan fingerprint density at radius 1 is 1.43 bits per heavy atom. The molecule has 0 bridgehead atoms. The molecule has 2 aromatic heterocycles. The number of hydrogen-bond donors (Lipinski definition) is 1. The number of carboxylic acid groups (broad SMARTS) is 1. The highest BCUT2D eigenvalue weighted by Gasteiger charge is 2.27. The molecule has 2 aromatic rings. The number of piperidine rings is 1. The highest BCUT2D eigenvalue weighted by Crippen LogP contribution is 2.25. The van der Waals surface area contributed by atoms with Crippen molar-refractivity contribution in [3.63, 3.8) is 0 Å². The highest BCUT2D eigenvalue weighted by atomic mass is 16.5. The molecule has 0 aliphatic carbocycles. The molecule has 112 valence electrons. The van der Waals surface area contributed by atoms with Gasteiger partial charge in [0, 0.05) is 25.9 Å². The maximum absolute atomic E-state index is 11.6. The molecule has 6 nitrogen and oxygen atoms in total. The molecule has 0 amide bonds. The topological polar surface area (TPSA) is 67.1 Å². The van der Waals surface area contributed by atoms with Gasteiger partial charge in [-0.2, -0.15) is 0 Å². The quantitative estimate of drug-likeness (QED) is 0.933. The van der Waals surface area contributed by atoms with Crippen LogP contribution in [0.15, 0.2) is 24.4 Å². The van der Waals surface area contributed by atoms with Crippen molar-refractivity contribution >= 4 is 17.4 Å². The number of carboxylic acids is 1. The number of rotatable bonds is 4. The van der Waals surface area contributed by atoms with Gasteiger partial charge in [0.2, 0.25) is 0 Å². The lowest BCUT2D eigenvalue weighted by atomic mass is 10.1. The summed E-state index contributed by atoms with van der Waals surface area (Å²) in [7, 11) is 0. The van der Waals surface area contributed by atoms with E-state index in [1.165, 1.54) is 0 Å².